The maximum absolute atomic E-state index is 12.2. The SMILES string of the molecule is CC(=O)Nc1cccc(C(=O)OCc2csc(-c3ccc(Cl)cc3)n2)c1. The highest BCUT2D eigenvalue weighted by Gasteiger charge is 2.11. The van der Waals surface area contributed by atoms with Crippen molar-refractivity contribution in [3.63, 3.8) is 0 Å². The molecule has 0 bridgehead atoms. The maximum Gasteiger partial charge on any atom is 0.338 e. The van der Waals surface area contributed by atoms with E-state index >= 15 is 0 Å². The van der Waals surface area contributed by atoms with E-state index in [0.29, 0.717) is 22.0 Å². The molecule has 0 aliphatic carbocycles. The second-order valence-corrected chi connectivity index (χ2v) is 6.78. The third kappa shape index (κ3) is 4.68. The molecular formula is C19H15ClN2O3S. The van der Waals surface area contributed by atoms with Crippen molar-refractivity contribution in [1.82, 2.24) is 4.98 Å². The van der Waals surface area contributed by atoms with E-state index in [1.165, 1.54) is 18.3 Å². The molecule has 0 aliphatic rings. The number of hydrogen-bond donors (Lipinski definition) is 1. The molecule has 0 spiro atoms. The van der Waals surface area contributed by atoms with E-state index in [2.05, 4.69) is 10.3 Å². The zero-order chi connectivity index (χ0) is 18.5. The molecule has 26 heavy (non-hydrogen) atoms. The Labute approximate surface area is 159 Å². The Kier molecular flexibility index (Phi) is 5.65. The van der Waals surface area contributed by atoms with E-state index in [1.54, 1.807) is 36.4 Å². The molecular weight excluding hydrogens is 372 g/mol. The molecule has 2 aromatic carbocycles. The van der Waals surface area contributed by atoms with E-state index < -0.39 is 5.97 Å². The predicted octanol–water partition coefficient (Wildman–Crippen LogP) is 4.78. The highest BCUT2D eigenvalue weighted by molar-refractivity contribution is 7.13. The van der Waals surface area contributed by atoms with Crippen LogP contribution in [-0.4, -0.2) is 16.9 Å². The Hall–Kier alpha value is -2.70. The topological polar surface area (TPSA) is 68.3 Å². The third-order valence-electron chi connectivity index (χ3n) is 3.41. The highest BCUT2D eigenvalue weighted by atomic mass is 35.5. The minimum absolute atomic E-state index is 0.0767. The van der Waals surface area contributed by atoms with Crippen molar-refractivity contribution in [1.29, 1.82) is 0 Å². The lowest BCUT2D eigenvalue weighted by atomic mass is 10.2. The van der Waals surface area contributed by atoms with Gasteiger partial charge >= 0.3 is 5.97 Å². The lowest BCUT2D eigenvalue weighted by molar-refractivity contribution is -0.114. The first-order valence-electron chi connectivity index (χ1n) is 7.76. The molecule has 0 atom stereocenters. The van der Waals surface area contributed by atoms with Crippen molar-refractivity contribution >= 4 is 40.5 Å². The molecule has 1 N–H and O–H groups in total. The first-order valence-corrected chi connectivity index (χ1v) is 9.02. The number of carbonyl (C=O) groups excluding carboxylic acids is 2. The van der Waals surface area contributed by atoms with Crippen molar-refractivity contribution < 1.29 is 14.3 Å². The average Bonchev–Trinajstić information content (AvgIpc) is 3.09. The fraction of sp³-hybridized carbons (Fsp3) is 0.105. The van der Waals surface area contributed by atoms with Crippen LogP contribution in [0.15, 0.2) is 53.9 Å². The Morgan fingerprint density at radius 2 is 1.96 bits per heavy atom. The summed E-state index contributed by atoms with van der Waals surface area (Å²) >= 11 is 7.36. The van der Waals surface area contributed by atoms with Gasteiger partial charge in [0.25, 0.3) is 0 Å². The summed E-state index contributed by atoms with van der Waals surface area (Å²) in [4.78, 5) is 27.8. The smallest absolute Gasteiger partial charge is 0.338 e. The lowest BCUT2D eigenvalue weighted by Crippen LogP contribution is -2.09. The summed E-state index contributed by atoms with van der Waals surface area (Å²) in [7, 11) is 0. The Morgan fingerprint density at radius 1 is 1.19 bits per heavy atom. The summed E-state index contributed by atoms with van der Waals surface area (Å²) in [5, 5.41) is 5.99. The number of esters is 1. The first-order chi connectivity index (χ1) is 12.5. The molecule has 0 radical (unpaired) electrons. The summed E-state index contributed by atoms with van der Waals surface area (Å²) < 4.78 is 5.31. The zero-order valence-electron chi connectivity index (χ0n) is 13.9. The number of nitrogens with zero attached hydrogens (tertiary/aromatic N) is 1. The molecule has 0 saturated carbocycles. The monoisotopic (exact) mass is 386 g/mol. The molecule has 1 amide bonds. The van der Waals surface area contributed by atoms with Gasteiger partial charge in [0, 0.05) is 28.6 Å². The zero-order valence-corrected chi connectivity index (χ0v) is 15.4. The Bertz CT molecular complexity index is 938. The van der Waals surface area contributed by atoms with Gasteiger partial charge in [0.15, 0.2) is 0 Å². The largest absolute Gasteiger partial charge is 0.456 e. The fourth-order valence-corrected chi connectivity index (χ4v) is 3.18. The quantitative estimate of drug-likeness (QED) is 0.641. The number of ether oxygens (including phenoxy) is 1. The van der Waals surface area contributed by atoms with E-state index in [0.717, 1.165) is 10.6 Å². The van der Waals surface area contributed by atoms with E-state index in [-0.39, 0.29) is 12.5 Å². The van der Waals surface area contributed by atoms with Crippen molar-refractivity contribution in [2.24, 2.45) is 0 Å². The van der Waals surface area contributed by atoms with Gasteiger partial charge in [-0.2, -0.15) is 0 Å². The summed E-state index contributed by atoms with van der Waals surface area (Å²) in [5.74, 6) is -0.675. The van der Waals surface area contributed by atoms with Crippen LogP contribution in [0.5, 0.6) is 0 Å². The van der Waals surface area contributed by atoms with Crippen molar-refractivity contribution in [3.05, 3.63) is 70.2 Å². The Morgan fingerprint density at radius 3 is 2.69 bits per heavy atom. The number of carbonyl (C=O) groups is 2. The number of benzene rings is 2. The van der Waals surface area contributed by atoms with Crippen LogP contribution in [0.4, 0.5) is 5.69 Å². The van der Waals surface area contributed by atoms with Crippen LogP contribution in [0.25, 0.3) is 10.6 Å². The molecule has 1 aromatic heterocycles. The second-order valence-electron chi connectivity index (χ2n) is 5.49. The number of anilines is 1. The number of aromatic nitrogens is 1. The normalized spacial score (nSPS) is 10.4. The van der Waals surface area contributed by atoms with Gasteiger partial charge in [0.2, 0.25) is 5.91 Å². The van der Waals surface area contributed by atoms with Crippen LogP contribution in [-0.2, 0) is 16.1 Å². The first kappa shape index (κ1) is 18.1. The summed E-state index contributed by atoms with van der Waals surface area (Å²) in [6.07, 6.45) is 0. The van der Waals surface area contributed by atoms with Crippen LogP contribution in [0.3, 0.4) is 0 Å². The molecule has 132 valence electrons. The van der Waals surface area contributed by atoms with Crippen LogP contribution >= 0.6 is 22.9 Å². The highest BCUT2D eigenvalue weighted by Crippen LogP contribution is 2.25. The molecule has 5 nitrogen and oxygen atoms in total. The van der Waals surface area contributed by atoms with Gasteiger partial charge in [-0.15, -0.1) is 11.3 Å². The maximum atomic E-state index is 12.2. The molecule has 7 heteroatoms. The number of halogens is 1. The molecule has 3 aromatic rings. The van der Waals surface area contributed by atoms with Crippen molar-refractivity contribution in [2.45, 2.75) is 13.5 Å². The van der Waals surface area contributed by atoms with Crippen LogP contribution in [0.2, 0.25) is 5.02 Å². The van der Waals surface area contributed by atoms with Gasteiger partial charge in [0.05, 0.1) is 11.3 Å². The van der Waals surface area contributed by atoms with Crippen LogP contribution in [0.1, 0.15) is 23.0 Å². The number of hydrogen-bond acceptors (Lipinski definition) is 5. The van der Waals surface area contributed by atoms with E-state index in [4.69, 9.17) is 16.3 Å². The molecule has 1 heterocycles. The van der Waals surface area contributed by atoms with Gasteiger partial charge in [-0.1, -0.05) is 29.8 Å². The molecule has 0 unspecified atom stereocenters. The molecule has 0 fully saturated rings. The number of thiazole rings is 1. The fourth-order valence-electron chi connectivity index (χ4n) is 2.25. The van der Waals surface area contributed by atoms with Crippen molar-refractivity contribution in [2.75, 3.05) is 5.32 Å². The Balaban J connectivity index is 1.63. The van der Waals surface area contributed by atoms with Gasteiger partial charge in [-0.3, -0.25) is 4.79 Å². The van der Waals surface area contributed by atoms with Gasteiger partial charge in [0.1, 0.15) is 11.6 Å². The number of nitrogens with one attached hydrogen (secondary N) is 1. The summed E-state index contributed by atoms with van der Waals surface area (Å²) in [6.45, 7) is 1.48. The van der Waals surface area contributed by atoms with Crippen molar-refractivity contribution in [3.8, 4) is 10.6 Å². The standard InChI is InChI=1S/C19H15ClN2O3S/c1-12(23)21-16-4-2-3-14(9-16)19(24)25-10-17-11-26-18(22-17)13-5-7-15(20)8-6-13/h2-9,11H,10H2,1H3,(H,21,23). The lowest BCUT2D eigenvalue weighted by Gasteiger charge is -2.06. The predicted molar refractivity (Wildman–Crippen MR) is 102 cm³/mol. The summed E-state index contributed by atoms with van der Waals surface area (Å²) in [5.41, 5.74) is 2.54. The molecule has 0 aliphatic heterocycles. The van der Waals surface area contributed by atoms with Gasteiger partial charge in [-0.25, -0.2) is 9.78 Å². The van der Waals surface area contributed by atoms with E-state index in [1.807, 2.05) is 17.5 Å². The van der Waals surface area contributed by atoms with Gasteiger partial charge in [-0.05, 0) is 30.3 Å². The minimum atomic E-state index is -0.474. The summed E-state index contributed by atoms with van der Waals surface area (Å²) in [6, 6.07) is 14.0. The number of rotatable bonds is 5. The average molecular weight is 387 g/mol. The van der Waals surface area contributed by atoms with E-state index in [9.17, 15) is 9.59 Å². The van der Waals surface area contributed by atoms with Gasteiger partial charge < -0.3 is 10.1 Å². The molecule has 3 rings (SSSR count). The minimum Gasteiger partial charge on any atom is -0.456 e. The second kappa shape index (κ2) is 8.12. The van der Waals surface area contributed by atoms with Crippen LogP contribution in [0, 0.1) is 0 Å². The molecule has 0 saturated heterocycles. The van der Waals surface area contributed by atoms with Crippen LogP contribution < -0.4 is 5.32 Å². The third-order valence-corrected chi connectivity index (χ3v) is 4.60. The number of amides is 1.